The summed E-state index contributed by atoms with van der Waals surface area (Å²) in [6.07, 6.45) is 0.0435. The van der Waals surface area contributed by atoms with E-state index in [1.165, 1.54) is 0 Å². The van der Waals surface area contributed by atoms with Gasteiger partial charge in [-0.3, -0.25) is 19.3 Å². The quantitative estimate of drug-likeness (QED) is 0.347. The van der Waals surface area contributed by atoms with E-state index in [1.54, 1.807) is 12.1 Å². The number of nitrogens with one attached hydrogen (secondary N) is 3. The molecule has 0 spiro atoms. The summed E-state index contributed by atoms with van der Waals surface area (Å²) < 4.78 is 12.0. The lowest BCUT2D eigenvalue weighted by atomic mass is 10.0. The molecule has 2 bridgehead atoms. The Morgan fingerprint density at radius 1 is 0.974 bits per heavy atom. The van der Waals surface area contributed by atoms with Crippen LogP contribution in [0.2, 0.25) is 5.02 Å². The van der Waals surface area contributed by atoms with Crippen LogP contribution in [-0.2, 0) is 30.3 Å². The maximum atomic E-state index is 13.4. The molecule has 2 heterocycles. The summed E-state index contributed by atoms with van der Waals surface area (Å²) in [4.78, 5) is 41.5. The summed E-state index contributed by atoms with van der Waals surface area (Å²) in [5, 5.41) is 9.29. The largest absolute Gasteiger partial charge is 0.355 e. The molecule has 9 nitrogen and oxygen atoms in total. The lowest BCUT2D eigenvalue weighted by molar-refractivity contribution is -0.143. The van der Waals surface area contributed by atoms with Crippen molar-refractivity contribution in [3.63, 3.8) is 0 Å². The number of carbonyl (C=O) groups excluding carboxylic acids is 3. The van der Waals surface area contributed by atoms with E-state index in [2.05, 4.69) is 22.9 Å². The number of amides is 3. The number of nitrogens with zero attached hydrogens (tertiary/aromatic N) is 1. The topological polar surface area (TPSA) is 109 Å². The number of benzene rings is 2. The molecule has 0 saturated carbocycles. The number of likely N-dealkylation sites (N-methyl/N-ethyl adjacent to an activating group) is 1. The fourth-order valence-corrected chi connectivity index (χ4v) is 5.11. The van der Waals surface area contributed by atoms with Crippen molar-refractivity contribution >= 4 is 29.3 Å². The number of morpholine rings is 1. The first-order chi connectivity index (χ1) is 18.9. The van der Waals surface area contributed by atoms with E-state index in [-0.39, 0.29) is 11.8 Å². The highest BCUT2D eigenvalue weighted by Crippen LogP contribution is 2.32. The van der Waals surface area contributed by atoms with Gasteiger partial charge in [-0.1, -0.05) is 67.4 Å². The fraction of sp³-hybridized carbons (Fsp3) is 0.483. The minimum absolute atomic E-state index is 0.118. The molecule has 39 heavy (non-hydrogen) atoms. The Kier molecular flexibility index (Phi) is 10.3. The number of rotatable bonds is 12. The third kappa shape index (κ3) is 7.57. The van der Waals surface area contributed by atoms with E-state index in [9.17, 15) is 14.4 Å². The van der Waals surface area contributed by atoms with Gasteiger partial charge in [0.05, 0.1) is 6.54 Å². The zero-order valence-corrected chi connectivity index (χ0v) is 23.2. The first kappa shape index (κ1) is 29.0. The first-order valence-corrected chi connectivity index (χ1v) is 14.0. The van der Waals surface area contributed by atoms with Gasteiger partial charge in [-0.15, -0.1) is 0 Å². The predicted octanol–water partition coefficient (Wildman–Crippen LogP) is 2.59. The van der Waals surface area contributed by atoms with E-state index >= 15 is 0 Å². The lowest BCUT2D eigenvalue weighted by Gasteiger charge is -2.36. The molecule has 2 fully saturated rings. The van der Waals surface area contributed by atoms with Crippen molar-refractivity contribution in [3.05, 3.63) is 70.7 Å². The molecule has 2 aliphatic rings. The number of hydrogen-bond acceptors (Lipinski definition) is 6. The third-order valence-corrected chi connectivity index (χ3v) is 7.17. The van der Waals surface area contributed by atoms with Gasteiger partial charge in [-0.25, -0.2) is 0 Å². The normalized spacial score (nSPS) is 22.1. The van der Waals surface area contributed by atoms with E-state index in [0.29, 0.717) is 37.6 Å². The molecule has 2 saturated heterocycles. The van der Waals surface area contributed by atoms with Crippen molar-refractivity contribution in [1.82, 2.24) is 20.9 Å². The Hall–Kier alpha value is -2.98. The molecule has 2 aromatic carbocycles. The van der Waals surface area contributed by atoms with Gasteiger partial charge in [0.1, 0.15) is 18.2 Å². The molecule has 0 aliphatic carbocycles. The average Bonchev–Trinajstić information content (AvgIpc) is 3.24. The Morgan fingerprint density at radius 3 is 2.41 bits per heavy atom. The molecule has 2 aromatic rings. The Bertz CT molecular complexity index is 1120. The van der Waals surface area contributed by atoms with Crippen LogP contribution in [0, 0.1) is 0 Å². The van der Waals surface area contributed by atoms with Crippen LogP contribution in [0.15, 0.2) is 54.6 Å². The SMILES string of the molecule is CCCCNC(=O)[C@H](c1ccc(Cl)cc1)N1C[C@H]2O[C@@H](C1)[C@@H](C(=O)N[C@@H](Cc1ccccc1)C(=O)NCC)O2. The molecule has 5 atom stereocenters. The van der Waals surface area contributed by atoms with Gasteiger partial charge in [0.2, 0.25) is 11.8 Å². The lowest BCUT2D eigenvalue weighted by Crippen LogP contribution is -2.54. The molecule has 3 N–H and O–H groups in total. The fourth-order valence-electron chi connectivity index (χ4n) is 4.98. The van der Waals surface area contributed by atoms with Gasteiger partial charge in [0, 0.05) is 31.1 Å². The number of fused-ring (bicyclic) bond motifs is 2. The minimum Gasteiger partial charge on any atom is -0.355 e. The molecule has 4 rings (SSSR count). The summed E-state index contributed by atoms with van der Waals surface area (Å²) in [5.74, 6) is -0.788. The summed E-state index contributed by atoms with van der Waals surface area (Å²) in [6.45, 7) is 5.57. The van der Waals surface area contributed by atoms with Crippen LogP contribution >= 0.6 is 11.6 Å². The van der Waals surface area contributed by atoms with Gasteiger partial charge in [0.25, 0.3) is 5.91 Å². The van der Waals surface area contributed by atoms with Crippen molar-refractivity contribution < 1.29 is 23.9 Å². The summed E-state index contributed by atoms with van der Waals surface area (Å²) in [6, 6.07) is 15.4. The number of hydrogen-bond donors (Lipinski definition) is 3. The van der Waals surface area contributed by atoms with Gasteiger partial charge in [0.15, 0.2) is 12.4 Å². The van der Waals surface area contributed by atoms with Crippen molar-refractivity contribution in [2.24, 2.45) is 0 Å². The van der Waals surface area contributed by atoms with Crippen LogP contribution in [0.1, 0.15) is 43.9 Å². The highest BCUT2D eigenvalue weighted by Gasteiger charge is 2.48. The van der Waals surface area contributed by atoms with E-state index in [1.807, 2.05) is 54.3 Å². The van der Waals surface area contributed by atoms with Gasteiger partial charge in [-0.2, -0.15) is 0 Å². The van der Waals surface area contributed by atoms with Gasteiger partial charge < -0.3 is 25.4 Å². The maximum Gasteiger partial charge on any atom is 0.252 e. The molecule has 0 aromatic heterocycles. The molecule has 210 valence electrons. The minimum atomic E-state index is -0.901. The Morgan fingerprint density at radius 2 is 1.72 bits per heavy atom. The van der Waals surface area contributed by atoms with Crippen molar-refractivity contribution in [2.75, 3.05) is 26.2 Å². The zero-order chi connectivity index (χ0) is 27.8. The van der Waals surface area contributed by atoms with E-state index in [0.717, 1.165) is 24.0 Å². The maximum absolute atomic E-state index is 13.4. The zero-order valence-electron chi connectivity index (χ0n) is 22.4. The molecule has 0 unspecified atom stereocenters. The van der Waals surface area contributed by atoms with Crippen LogP contribution in [0.25, 0.3) is 0 Å². The van der Waals surface area contributed by atoms with Crippen LogP contribution in [-0.4, -0.2) is 73.3 Å². The molecular formula is C29H37ClN4O5. The first-order valence-electron chi connectivity index (χ1n) is 13.6. The number of halogens is 1. The Balaban J connectivity index is 1.47. The number of carbonyl (C=O) groups is 3. The second kappa shape index (κ2) is 13.9. The predicted molar refractivity (Wildman–Crippen MR) is 148 cm³/mol. The van der Waals surface area contributed by atoms with Crippen LogP contribution in [0.3, 0.4) is 0 Å². The molecule has 3 amide bonds. The third-order valence-electron chi connectivity index (χ3n) is 6.91. The van der Waals surface area contributed by atoms with Crippen LogP contribution in [0.4, 0.5) is 0 Å². The molecule has 0 radical (unpaired) electrons. The van der Waals surface area contributed by atoms with Crippen molar-refractivity contribution in [2.45, 2.75) is 63.7 Å². The smallest absolute Gasteiger partial charge is 0.252 e. The molecule has 2 aliphatic heterocycles. The second-order valence-corrected chi connectivity index (χ2v) is 10.3. The van der Waals surface area contributed by atoms with Crippen LogP contribution in [0.5, 0.6) is 0 Å². The average molecular weight is 557 g/mol. The van der Waals surface area contributed by atoms with Crippen molar-refractivity contribution in [3.8, 4) is 0 Å². The van der Waals surface area contributed by atoms with E-state index < -0.39 is 36.5 Å². The summed E-state index contributed by atoms with van der Waals surface area (Å²) in [7, 11) is 0. The molecule has 10 heteroatoms. The standard InChI is InChI=1S/C29H37ClN4O5/c1-3-5-15-32-28(36)25(20-11-13-21(30)14-12-20)34-17-23-26(39-24(18-34)38-23)29(37)33-22(27(35)31-4-2)16-19-9-7-6-8-10-19/h6-14,22-26H,3-5,15-18H2,1-2H3,(H,31,35)(H,32,36)(H,33,37)/t22-,23-,24-,25-,26-/m0/s1. The summed E-state index contributed by atoms with van der Waals surface area (Å²) in [5.41, 5.74) is 1.73. The van der Waals surface area contributed by atoms with Gasteiger partial charge >= 0.3 is 0 Å². The molecular weight excluding hydrogens is 520 g/mol. The highest BCUT2D eigenvalue weighted by molar-refractivity contribution is 6.30. The Labute approximate surface area is 234 Å². The monoisotopic (exact) mass is 556 g/mol. The number of ether oxygens (including phenoxy) is 2. The van der Waals surface area contributed by atoms with E-state index in [4.69, 9.17) is 21.1 Å². The van der Waals surface area contributed by atoms with Gasteiger partial charge in [-0.05, 0) is 36.6 Å². The van der Waals surface area contributed by atoms with Crippen LogP contribution < -0.4 is 16.0 Å². The number of unbranched alkanes of at least 4 members (excludes halogenated alkanes) is 1. The highest BCUT2D eigenvalue weighted by atomic mass is 35.5. The second-order valence-electron chi connectivity index (χ2n) is 9.86. The van der Waals surface area contributed by atoms with Crippen molar-refractivity contribution in [1.29, 1.82) is 0 Å². The summed E-state index contributed by atoms with van der Waals surface area (Å²) >= 11 is 6.10.